The number of hydrogen-bond acceptors (Lipinski definition) is 5. The minimum atomic E-state index is -1.04. The number of rotatable bonds is 5. The van der Waals surface area contributed by atoms with Gasteiger partial charge in [0.15, 0.2) is 6.61 Å². The number of ether oxygens (including phenoxy) is 1. The lowest BCUT2D eigenvalue weighted by molar-refractivity contribution is -0.139. The van der Waals surface area contributed by atoms with Crippen molar-refractivity contribution in [3.05, 3.63) is 60.2 Å². The van der Waals surface area contributed by atoms with Crippen LogP contribution in [0.2, 0.25) is 0 Å². The molecule has 0 aromatic heterocycles. The van der Waals surface area contributed by atoms with Crippen molar-refractivity contribution in [3.8, 4) is 11.5 Å². The van der Waals surface area contributed by atoms with Gasteiger partial charge in [-0.1, -0.05) is 29.8 Å². The van der Waals surface area contributed by atoms with Crippen LogP contribution in [0.1, 0.15) is 5.56 Å². The number of carbonyl (C=O) groups is 1. The van der Waals surface area contributed by atoms with Gasteiger partial charge in [-0.15, -0.1) is 5.11 Å². The van der Waals surface area contributed by atoms with Crippen molar-refractivity contribution in [2.24, 2.45) is 10.2 Å². The van der Waals surface area contributed by atoms with Crippen LogP contribution < -0.4 is 4.74 Å². The molecule has 0 atom stereocenters. The average molecular weight is 336 g/mol. The average Bonchev–Trinajstić information content (AvgIpc) is 2.60. The molecule has 126 valence electrons. The van der Waals surface area contributed by atoms with Crippen LogP contribution in [0.25, 0.3) is 10.8 Å². The number of phenolic OH excluding ortho intramolecular Hbond substituents is 1. The van der Waals surface area contributed by atoms with E-state index < -0.39 is 12.6 Å². The van der Waals surface area contributed by atoms with E-state index in [2.05, 4.69) is 10.2 Å². The number of hydrogen-bond donors (Lipinski definition) is 2. The molecule has 3 aromatic rings. The first-order valence-electron chi connectivity index (χ1n) is 7.61. The second-order valence-corrected chi connectivity index (χ2v) is 5.53. The van der Waals surface area contributed by atoms with Crippen LogP contribution in [0.3, 0.4) is 0 Å². The van der Waals surface area contributed by atoms with Crippen molar-refractivity contribution in [1.29, 1.82) is 0 Å². The number of benzene rings is 3. The Hall–Kier alpha value is -3.41. The Balaban J connectivity index is 1.85. The molecule has 0 aliphatic heterocycles. The Morgan fingerprint density at radius 2 is 1.80 bits per heavy atom. The Labute approximate surface area is 144 Å². The first-order chi connectivity index (χ1) is 12.0. The summed E-state index contributed by atoms with van der Waals surface area (Å²) in [6.07, 6.45) is 0. The van der Waals surface area contributed by atoms with E-state index in [4.69, 9.17) is 9.84 Å². The summed E-state index contributed by atoms with van der Waals surface area (Å²) in [6, 6.07) is 15.9. The minimum Gasteiger partial charge on any atom is -0.506 e. The third kappa shape index (κ3) is 3.92. The zero-order valence-electron chi connectivity index (χ0n) is 13.5. The summed E-state index contributed by atoms with van der Waals surface area (Å²) in [4.78, 5) is 10.5. The van der Waals surface area contributed by atoms with Crippen molar-refractivity contribution in [3.63, 3.8) is 0 Å². The fourth-order valence-electron chi connectivity index (χ4n) is 2.39. The first kappa shape index (κ1) is 16.4. The number of carboxylic acid groups (broad SMARTS) is 1. The zero-order chi connectivity index (χ0) is 17.8. The van der Waals surface area contributed by atoms with Crippen LogP contribution >= 0.6 is 0 Å². The summed E-state index contributed by atoms with van der Waals surface area (Å²) in [5.41, 5.74) is 2.09. The highest BCUT2D eigenvalue weighted by molar-refractivity contribution is 5.95. The lowest BCUT2D eigenvalue weighted by Gasteiger charge is -2.05. The van der Waals surface area contributed by atoms with Gasteiger partial charge >= 0.3 is 5.97 Å². The third-order valence-electron chi connectivity index (χ3n) is 3.59. The molecular weight excluding hydrogens is 320 g/mol. The zero-order valence-corrected chi connectivity index (χ0v) is 13.5. The van der Waals surface area contributed by atoms with Gasteiger partial charge in [0.2, 0.25) is 0 Å². The van der Waals surface area contributed by atoms with Crippen molar-refractivity contribution in [2.75, 3.05) is 6.61 Å². The monoisotopic (exact) mass is 336 g/mol. The number of carboxylic acids is 1. The molecule has 0 saturated heterocycles. The van der Waals surface area contributed by atoms with Crippen LogP contribution in [0.15, 0.2) is 64.8 Å². The summed E-state index contributed by atoms with van der Waals surface area (Å²) in [7, 11) is 0. The maximum Gasteiger partial charge on any atom is 0.341 e. The van der Waals surface area contributed by atoms with Gasteiger partial charge in [-0.25, -0.2) is 4.79 Å². The molecule has 6 nitrogen and oxygen atoms in total. The first-order valence-corrected chi connectivity index (χ1v) is 7.61. The number of phenols is 1. The second-order valence-electron chi connectivity index (χ2n) is 5.53. The summed E-state index contributed by atoms with van der Waals surface area (Å²) < 4.78 is 5.06. The molecule has 0 saturated carbocycles. The highest BCUT2D eigenvalue weighted by Crippen LogP contribution is 2.36. The standard InChI is InChI=1S/C19H16N2O4/c1-12-2-8-16-13(10-12)3-9-17(22)19(16)21-20-14-4-6-15(7-5-14)25-11-18(23)24/h2-10,22H,11H2,1H3,(H,23,24)/b21-20+. The Morgan fingerprint density at radius 3 is 2.52 bits per heavy atom. The third-order valence-corrected chi connectivity index (χ3v) is 3.59. The second kappa shape index (κ2) is 7.00. The largest absolute Gasteiger partial charge is 0.506 e. The van der Waals surface area contributed by atoms with E-state index in [9.17, 15) is 9.90 Å². The van der Waals surface area contributed by atoms with Gasteiger partial charge in [0.25, 0.3) is 0 Å². The van der Waals surface area contributed by atoms with Crippen molar-refractivity contribution < 1.29 is 19.7 Å². The van der Waals surface area contributed by atoms with Crippen LogP contribution in [-0.2, 0) is 4.79 Å². The molecule has 2 N–H and O–H groups in total. The number of aryl methyl sites for hydroxylation is 1. The van der Waals surface area contributed by atoms with E-state index in [1.165, 1.54) is 0 Å². The van der Waals surface area contributed by atoms with Crippen LogP contribution in [-0.4, -0.2) is 22.8 Å². The quantitative estimate of drug-likeness (QED) is 0.659. The van der Waals surface area contributed by atoms with Gasteiger partial charge in [-0.05, 0) is 42.6 Å². The molecule has 0 aliphatic carbocycles. The van der Waals surface area contributed by atoms with Crippen molar-refractivity contribution in [2.45, 2.75) is 6.92 Å². The molecule has 0 aliphatic rings. The van der Waals surface area contributed by atoms with Crippen LogP contribution in [0.5, 0.6) is 11.5 Å². The number of nitrogens with zero attached hydrogens (tertiary/aromatic N) is 2. The molecule has 0 heterocycles. The van der Waals surface area contributed by atoms with Gasteiger partial charge in [-0.2, -0.15) is 5.11 Å². The van der Waals surface area contributed by atoms with E-state index >= 15 is 0 Å². The summed E-state index contributed by atoms with van der Waals surface area (Å²) in [5.74, 6) is -0.545. The minimum absolute atomic E-state index is 0.0570. The van der Waals surface area contributed by atoms with E-state index in [1.807, 2.05) is 31.2 Å². The van der Waals surface area contributed by atoms with Crippen molar-refractivity contribution in [1.82, 2.24) is 0 Å². The molecule has 0 spiro atoms. The summed E-state index contributed by atoms with van der Waals surface area (Å²) >= 11 is 0. The van der Waals surface area contributed by atoms with Gasteiger partial charge in [0.1, 0.15) is 17.2 Å². The van der Waals surface area contributed by atoms with E-state index in [-0.39, 0.29) is 5.75 Å². The molecule has 3 aromatic carbocycles. The van der Waals surface area contributed by atoms with Gasteiger partial charge < -0.3 is 14.9 Å². The molecular formula is C19H16N2O4. The van der Waals surface area contributed by atoms with Crippen molar-refractivity contribution >= 4 is 28.1 Å². The normalized spacial score (nSPS) is 11.1. The molecule has 0 fully saturated rings. The van der Waals surface area contributed by atoms with Gasteiger partial charge in [0.05, 0.1) is 5.69 Å². The lowest BCUT2D eigenvalue weighted by atomic mass is 10.1. The molecule has 3 rings (SSSR count). The smallest absolute Gasteiger partial charge is 0.341 e. The molecule has 0 radical (unpaired) electrons. The maximum atomic E-state index is 10.5. The predicted molar refractivity (Wildman–Crippen MR) is 94.1 cm³/mol. The highest BCUT2D eigenvalue weighted by Gasteiger charge is 2.06. The fourth-order valence-corrected chi connectivity index (χ4v) is 2.39. The van der Waals surface area contributed by atoms with Gasteiger partial charge in [-0.3, -0.25) is 0 Å². The number of aromatic hydroxyl groups is 1. The topological polar surface area (TPSA) is 91.5 Å². The molecule has 0 unspecified atom stereocenters. The van der Waals surface area contributed by atoms with Gasteiger partial charge in [0, 0.05) is 5.39 Å². The Bertz CT molecular complexity index is 950. The fraction of sp³-hybridized carbons (Fsp3) is 0.105. The molecule has 25 heavy (non-hydrogen) atoms. The number of fused-ring (bicyclic) bond motifs is 1. The highest BCUT2D eigenvalue weighted by atomic mass is 16.5. The molecule has 0 amide bonds. The van der Waals surface area contributed by atoms with E-state index in [0.717, 1.165) is 16.3 Å². The maximum absolute atomic E-state index is 10.5. The Morgan fingerprint density at radius 1 is 1.04 bits per heavy atom. The lowest BCUT2D eigenvalue weighted by Crippen LogP contribution is -2.09. The predicted octanol–water partition coefficient (Wildman–Crippen LogP) is 4.73. The molecule has 6 heteroatoms. The SMILES string of the molecule is Cc1ccc2c(/N=N/c3ccc(OCC(=O)O)cc3)c(O)ccc2c1. The number of aliphatic carboxylic acids is 1. The van der Waals surface area contributed by atoms with Crippen LogP contribution in [0, 0.1) is 6.92 Å². The van der Waals surface area contributed by atoms with Crippen LogP contribution in [0.4, 0.5) is 11.4 Å². The van der Waals surface area contributed by atoms with E-state index in [1.54, 1.807) is 30.3 Å². The van der Waals surface area contributed by atoms with E-state index in [0.29, 0.717) is 17.1 Å². The molecule has 0 bridgehead atoms. The summed E-state index contributed by atoms with van der Waals surface area (Å²) in [6.45, 7) is 1.60. The number of azo groups is 1. The summed E-state index contributed by atoms with van der Waals surface area (Å²) in [5, 5.41) is 28.8. The Kier molecular flexibility index (Phi) is 4.61.